The van der Waals surface area contributed by atoms with E-state index in [1.807, 2.05) is 60.7 Å². The van der Waals surface area contributed by atoms with E-state index in [1.54, 1.807) is 7.05 Å². The minimum atomic E-state index is -0.793. The van der Waals surface area contributed by atoms with Crippen LogP contribution in [0.1, 0.15) is 34.1 Å². The molecule has 0 fully saturated rings. The Morgan fingerprint density at radius 1 is 0.651 bits per heavy atom. The molecule has 0 heterocycles. The minimum absolute atomic E-state index is 0.0230. The molecule has 0 atom stereocenters. The number of amides is 3. The van der Waals surface area contributed by atoms with Gasteiger partial charge in [-0.15, -0.1) is 0 Å². The summed E-state index contributed by atoms with van der Waals surface area (Å²) < 4.78 is 10.5. The molecule has 2 aliphatic carbocycles. The Hall–Kier alpha value is -4.86. The van der Waals surface area contributed by atoms with Crippen LogP contribution < -0.4 is 16.3 Å². The van der Waals surface area contributed by atoms with Crippen molar-refractivity contribution in [3.05, 3.63) is 119 Å². The maximum absolute atomic E-state index is 11.8. The molecule has 10 heteroatoms. The van der Waals surface area contributed by atoms with Crippen LogP contribution in [0.2, 0.25) is 0 Å². The van der Waals surface area contributed by atoms with E-state index < -0.39 is 17.6 Å². The predicted molar refractivity (Wildman–Crippen MR) is 164 cm³/mol. The van der Waals surface area contributed by atoms with Crippen LogP contribution in [-0.2, 0) is 9.47 Å². The molecule has 0 spiro atoms. The van der Waals surface area contributed by atoms with Gasteiger partial charge in [0.25, 0.3) is 0 Å². The average molecular weight is 599 g/mol. The van der Waals surface area contributed by atoms with Gasteiger partial charge in [-0.3, -0.25) is 10.2 Å². The van der Waals surface area contributed by atoms with E-state index in [4.69, 9.17) is 21.1 Å². The van der Waals surface area contributed by atoms with Gasteiger partial charge in [0.15, 0.2) is 0 Å². The molecule has 9 nitrogen and oxygen atoms in total. The lowest BCUT2D eigenvalue weighted by Crippen LogP contribution is -2.41. The van der Waals surface area contributed by atoms with Crippen LogP contribution in [0.3, 0.4) is 0 Å². The standard InChI is InChI=1S/C17H15ClN2O3.C16H16N2O2/c1-20(16(18)21)19-17(22)23-10-15-13-8-4-2-6-11(13)12-7-3-5-9-14(12)15;1-17-18-16(19)20-10-15-13-8-4-2-6-11(13)12-7-3-5-9-14(12)15/h2-9,15H,10H2,1H3,(H,19,22);2-9,15,17H,10H2,1H3,(H,18,19). The van der Waals surface area contributed by atoms with Crippen molar-refractivity contribution < 1.29 is 23.9 Å². The molecule has 3 amide bonds. The second-order valence-corrected chi connectivity index (χ2v) is 10.3. The van der Waals surface area contributed by atoms with Crippen molar-refractivity contribution >= 4 is 29.2 Å². The third-order valence-corrected chi connectivity index (χ3v) is 7.69. The van der Waals surface area contributed by atoms with Crippen molar-refractivity contribution in [2.45, 2.75) is 11.8 Å². The molecule has 4 aromatic carbocycles. The van der Waals surface area contributed by atoms with E-state index in [-0.39, 0.29) is 18.4 Å². The quantitative estimate of drug-likeness (QED) is 0.140. The van der Waals surface area contributed by atoms with Gasteiger partial charge in [0.05, 0.1) is 0 Å². The fourth-order valence-corrected chi connectivity index (χ4v) is 5.59. The Labute approximate surface area is 254 Å². The smallest absolute Gasteiger partial charge is 0.426 e. The van der Waals surface area contributed by atoms with E-state index in [0.717, 1.165) is 27.3 Å². The highest BCUT2D eigenvalue weighted by molar-refractivity contribution is 6.62. The zero-order chi connectivity index (χ0) is 30.3. The van der Waals surface area contributed by atoms with E-state index in [9.17, 15) is 14.4 Å². The number of nitrogens with zero attached hydrogens (tertiary/aromatic N) is 1. The number of fused-ring (bicyclic) bond motifs is 6. The fraction of sp³-hybridized carbons (Fsp3) is 0.182. The average Bonchev–Trinajstić information content (AvgIpc) is 3.52. The predicted octanol–water partition coefficient (Wildman–Crippen LogP) is 6.39. The molecule has 2 aliphatic rings. The van der Waals surface area contributed by atoms with E-state index >= 15 is 0 Å². The molecule has 0 aliphatic heterocycles. The lowest BCUT2D eigenvalue weighted by Gasteiger charge is -2.17. The molecule has 220 valence electrons. The summed E-state index contributed by atoms with van der Waals surface area (Å²) >= 11 is 5.25. The van der Waals surface area contributed by atoms with Gasteiger partial charge in [0.1, 0.15) is 13.2 Å². The van der Waals surface area contributed by atoms with Gasteiger partial charge in [-0.25, -0.2) is 25.4 Å². The van der Waals surface area contributed by atoms with Gasteiger partial charge in [0, 0.05) is 25.9 Å². The van der Waals surface area contributed by atoms with Crippen molar-refractivity contribution in [2.75, 3.05) is 27.3 Å². The Kier molecular flexibility index (Phi) is 9.24. The normalized spacial score (nSPS) is 12.4. The Bertz CT molecular complexity index is 1550. The van der Waals surface area contributed by atoms with Crippen LogP contribution in [0.4, 0.5) is 14.4 Å². The molecular weight excluding hydrogens is 568 g/mol. The summed E-state index contributed by atoms with van der Waals surface area (Å²) in [5, 5.41) is 0.0685. The van der Waals surface area contributed by atoms with Crippen molar-refractivity contribution in [1.82, 2.24) is 21.3 Å². The van der Waals surface area contributed by atoms with E-state index in [2.05, 4.69) is 52.7 Å². The first kappa shape index (κ1) is 29.6. The maximum Gasteiger partial charge on any atom is 0.426 e. The van der Waals surface area contributed by atoms with Gasteiger partial charge in [-0.1, -0.05) is 97.1 Å². The highest BCUT2D eigenvalue weighted by Gasteiger charge is 2.30. The summed E-state index contributed by atoms with van der Waals surface area (Å²) in [6.45, 7) is 0.520. The summed E-state index contributed by atoms with van der Waals surface area (Å²) in [6, 6.07) is 32.7. The molecule has 0 saturated carbocycles. The Morgan fingerprint density at radius 2 is 1.00 bits per heavy atom. The van der Waals surface area contributed by atoms with Gasteiger partial charge in [0.2, 0.25) is 0 Å². The largest absolute Gasteiger partial charge is 0.448 e. The topological polar surface area (TPSA) is 109 Å². The van der Waals surface area contributed by atoms with Crippen LogP contribution in [0.15, 0.2) is 97.1 Å². The summed E-state index contributed by atoms with van der Waals surface area (Å²) in [5.74, 6) is 0.0789. The van der Waals surface area contributed by atoms with Crippen LogP contribution >= 0.6 is 11.6 Å². The molecule has 0 radical (unpaired) electrons. The number of hydrogen-bond donors (Lipinski definition) is 3. The number of benzene rings is 4. The number of hydrazine groups is 2. The number of nitrogens with one attached hydrogen (secondary N) is 3. The van der Waals surface area contributed by atoms with Crippen molar-refractivity contribution in [2.24, 2.45) is 0 Å². The van der Waals surface area contributed by atoms with Crippen LogP contribution in [0.25, 0.3) is 22.3 Å². The lowest BCUT2D eigenvalue weighted by atomic mass is 9.98. The SMILES string of the molecule is CN(NC(=O)OCC1c2ccccc2-c2ccccc21)C(=O)Cl.CNNC(=O)OCC1c2ccccc2-c2ccccc21. The van der Waals surface area contributed by atoms with Gasteiger partial charge in [-0.05, 0) is 56.1 Å². The molecule has 0 unspecified atom stereocenters. The molecular formula is C33H31ClN4O5. The summed E-state index contributed by atoms with van der Waals surface area (Å²) in [7, 11) is 2.97. The first-order chi connectivity index (χ1) is 20.9. The zero-order valence-corrected chi connectivity index (χ0v) is 24.4. The van der Waals surface area contributed by atoms with Crippen molar-refractivity contribution in [3.8, 4) is 22.3 Å². The molecule has 4 aromatic rings. The van der Waals surface area contributed by atoms with Crippen LogP contribution in [0.5, 0.6) is 0 Å². The van der Waals surface area contributed by atoms with E-state index in [1.165, 1.54) is 29.3 Å². The van der Waals surface area contributed by atoms with Crippen molar-refractivity contribution in [3.63, 3.8) is 0 Å². The maximum atomic E-state index is 11.8. The molecule has 0 saturated heterocycles. The van der Waals surface area contributed by atoms with Gasteiger partial charge < -0.3 is 9.47 Å². The summed E-state index contributed by atoms with van der Waals surface area (Å²) in [5.41, 5.74) is 16.7. The van der Waals surface area contributed by atoms with Crippen LogP contribution in [-0.4, -0.2) is 49.9 Å². The van der Waals surface area contributed by atoms with Gasteiger partial charge >= 0.3 is 17.6 Å². The molecule has 43 heavy (non-hydrogen) atoms. The van der Waals surface area contributed by atoms with E-state index in [0.29, 0.717) is 6.61 Å². The molecule has 3 N–H and O–H groups in total. The van der Waals surface area contributed by atoms with Gasteiger partial charge in [-0.2, -0.15) is 0 Å². The minimum Gasteiger partial charge on any atom is -0.448 e. The third-order valence-electron chi connectivity index (χ3n) is 7.44. The lowest BCUT2D eigenvalue weighted by molar-refractivity contribution is 0.121. The van der Waals surface area contributed by atoms with Crippen molar-refractivity contribution in [1.29, 1.82) is 0 Å². The monoisotopic (exact) mass is 598 g/mol. The number of carbonyl (C=O) groups is 3. The second-order valence-electron chi connectivity index (χ2n) is 9.95. The first-order valence-electron chi connectivity index (χ1n) is 13.7. The number of carbonyl (C=O) groups excluding carboxylic acids is 3. The van der Waals surface area contributed by atoms with Crippen LogP contribution in [0, 0.1) is 0 Å². The first-order valence-corrected chi connectivity index (χ1v) is 14.1. The summed E-state index contributed by atoms with van der Waals surface area (Å²) in [6.07, 6.45) is -1.18. The zero-order valence-electron chi connectivity index (χ0n) is 23.7. The second kappa shape index (κ2) is 13.4. The number of ether oxygens (including phenoxy) is 2. The Morgan fingerprint density at radius 3 is 1.35 bits per heavy atom. The molecule has 0 aromatic heterocycles. The summed E-state index contributed by atoms with van der Waals surface area (Å²) in [4.78, 5) is 34.1. The Balaban J connectivity index is 0.000000173. The highest BCUT2D eigenvalue weighted by Crippen LogP contribution is 2.45. The number of hydrogen-bond acceptors (Lipinski definition) is 6. The number of rotatable bonds is 5. The highest BCUT2D eigenvalue weighted by atomic mass is 35.5. The fourth-order valence-electron chi connectivity index (χ4n) is 5.55. The molecule has 0 bridgehead atoms. The number of halogens is 1. The third kappa shape index (κ3) is 6.48. The molecule has 6 rings (SSSR count).